The van der Waals surface area contributed by atoms with E-state index >= 15 is 0 Å². The molecule has 3 atom stereocenters. The molecule has 2 heterocycles. The predicted molar refractivity (Wildman–Crippen MR) is 73.7 cm³/mol. The van der Waals surface area contributed by atoms with E-state index in [2.05, 4.69) is 5.32 Å². The molecule has 21 heavy (non-hydrogen) atoms. The topological polar surface area (TPSA) is 95.9 Å². The van der Waals surface area contributed by atoms with Crippen LogP contribution in [0.25, 0.3) is 0 Å². The molecule has 7 heteroatoms. The molecule has 2 amide bonds. The van der Waals surface area contributed by atoms with Crippen molar-refractivity contribution in [3.05, 3.63) is 0 Å². The van der Waals surface area contributed by atoms with E-state index in [1.165, 1.54) is 4.90 Å². The number of piperazine rings is 1. The molecule has 0 aromatic carbocycles. The van der Waals surface area contributed by atoms with E-state index in [-0.39, 0.29) is 6.42 Å². The van der Waals surface area contributed by atoms with Gasteiger partial charge in [0, 0.05) is 0 Å². The molecule has 2 rings (SSSR count). The highest BCUT2D eigenvalue weighted by Gasteiger charge is 2.60. The summed E-state index contributed by atoms with van der Waals surface area (Å²) in [6, 6.07) is -1.21. The Kier molecular flexibility index (Phi) is 3.63. The van der Waals surface area contributed by atoms with Crippen molar-refractivity contribution >= 4 is 18.0 Å². The van der Waals surface area contributed by atoms with E-state index in [1.807, 2.05) is 0 Å². The number of carboxylic acid groups (broad SMARTS) is 1. The van der Waals surface area contributed by atoms with Crippen LogP contribution in [0.1, 0.15) is 47.0 Å². The first-order chi connectivity index (χ1) is 9.62. The first-order valence-corrected chi connectivity index (χ1v) is 7.19. The number of nitrogens with zero attached hydrogens (tertiary/aromatic N) is 1. The first kappa shape index (κ1) is 15.6. The van der Waals surface area contributed by atoms with E-state index < -0.39 is 41.2 Å². The number of aliphatic carboxylic acids is 1. The van der Waals surface area contributed by atoms with Gasteiger partial charge in [0.25, 0.3) is 0 Å². The van der Waals surface area contributed by atoms with E-state index in [1.54, 1.807) is 27.7 Å². The zero-order chi connectivity index (χ0) is 16.0. The third kappa shape index (κ3) is 2.45. The number of fused-ring (bicyclic) bond motifs is 2. The van der Waals surface area contributed by atoms with Crippen molar-refractivity contribution in [2.24, 2.45) is 0 Å². The summed E-state index contributed by atoms with van der Waals surface area (Å²) in [5.41, 5.74) is -2.12. The number of amides is 2. The Balaban J connectivity index is 2.36. The number of rotatable bonds is 2. The summed E-state index contributed by atoms with van der Waals surface area (Å²) in [5, 5.41) is 12.2. The average Bonchev–Trinajstić information content (AvgIpc) is 2.72. The molecule has 3 unspecified atom stereocenters. The molecule has 0 radical (unpaired) electrons. The van der Waals surface area contributed by atoms with Crippen LogP contribution in [0, 0.1) is 0 Å². The van der Waals surface area contributed by atoms with E-state index in [0.717, 1.165) is 0 Å². The summed E-state index contributed by atoms with van der Waals surface area (Å²) in [4.78, 5) is 37.6. The SMILES string of the molecule is CCC1(C(=O)O)NC(=O)C2CCC1N2C(=O)OC(C)(C)C. The van der Waals surface area contributed by atoms with Gasteiger partial charge in [0.05, 0.1) is 6.04 Å². The summed E-state index contributed by atoms with van der Waals surface area (Å²) >= 11 is 0. The number of carbonyl (C=O) groups excluding carboxylic acids is 2. The molecule has 0 aromatic heterocycles. The van der Waals surface area contributed by atoms with Crippen LogP contribution in [0.5, 0.6) is 0 Å². The van der Waals surface area contributed by atoms with Gasteiger partial charge < -0.3 is 15.2 Å². The van der Waals surface area contributed by atoms with Gasteiger partial charge in [-0.15, -0.1) is 0 Å². The summed E-state index contributed by atoms with van der Waals surface area (Å²) < 4.78 is 5.34. The molecule has 2 saturated heterocycles. The average molecular weight is 298 g/mol. The van der Waals surface area contributed by atoms with E-state index in [4.69, 9.17) is 4.74 Å². The molecule has 7 nitrogen and oxygen atoms in total. The largest absolute Gasteiger partial charge is 0.479 e. The minimum Gasteiger partial charge on any atom is -0.479 e. The lowest BCUT2D eigenvalue weighted by atomic mass is 9.85. The summed E-state index contributed by atoms with van der Waals surface area (Å²) in [6.07, 6.45) is 0.530. The third-order valence-corrected chi connectivity index (χ3v) is 4.15. The fourth-order valence-corrected chi connectivity index (χ4v) is 3.18. The van der Waals surface area contributed by atoms with Gasteiger partial charge in [0.2, 0.25) is 5.91 Å². The Bertz CT molecular complexity index is 484. The molecule has 118 valence electrons. The smallest absolute Gasteiger partial charge is 0.411 e. The molecule has 2 aliphatic rings. The number of ether oxygens (including phenoxy) is 1. The summed E-state index contributed by atoms with van der Waals surface area (Å²) in [6.45, 7) is 6.91. The number of carboxylic acids is 1. The van der Waals surface area contributed by atoms with Crippen molar-refractivity contribution in [1.29, 1.82) is 0 Å². The van der Waals surface area contributed by atoms with Crippen LogP contribution in [0.4, 0.5) is 4.79 Å². The zero-order valence-electron chi connectivity index (χ0n) is 12.8. The molecule has 0 spiro atoms. The number of hydrogen-bond acceptors (Lipinski definition) is 4. The summed E-state index contributed by atoms with van der Waals surface area (Å²) in [5.74, 6) is -1.53. The minimum atomic E-state index is -1.43. The van der Waals surface area contributed by atoms with E-state index in [0.29, 0.717) is 12.8 Å². The van der Waals surface area contributed by atoms with Crippen molar-refractivity contribution in [2.45, 2.75) is 70.2 Å². The minimum absolute atomic E-state index is 0.213. The maximum atomic E-state index is 12.4. The van der Waals surface area contributed by atoms with Crippen LogP contribution in [-0.2, 0) is 14.3 Å². The van der Waals surface area contributed by atoms with Crippen molar-refractivity contribution in [2.75, 3.05) is 0 Å². The maximum absolute atomic E-state index is 12.4. The molecule has 2 bridgehead atoms. The van der Waals surface area contributed by atoms with Crippen LogP contribution < -0.4 is 5.32 Å². The fourth-order valence-electron chi connectivity index (χ4n) is 3.18. The number of nitrogens with one attached hydrogen (secondary N) is 1. The van der Waals surface area contributed by atoms with Crippen LogP contribution in [0.2, 0.25) is 0 Å². The molecular formula is C14H22N2O5. The van der Waals surface area contributed by atoms with Gasteiger partial charge >= 0.3 is 12.1 Å². The lowest BCUT2D eigenvalue weighted by Gasteiger charge is -2.45. The maximum Gasteiger partial charge on any atom is 0.411 e. The summed E-state index contributed by atoms with van der Waals surface area (Å²) in [7, 11) is 0. The normalized spacial score (nSPS) is 31.8. The monoisotopic (exact) mass is 298 g/mol. The number of hydrogen-bond donors (Lipinski definition) is 2. The molecule has 0 aromatic rings. The van der Waals surface area contributed by atoms with Crippen LogP contribution in [0.15, 0.2) is 0 Å². The Morgan fingerprint density at radius 1 is 1.43 bits per heavy atom. The zero-order valence-corrected chi connectivity index (χ0v) is 12.8. The second kappa shape index (κ2) is 4.89. The van der Waals surface area contributed by atoms with Crippen molar-refractivity contribution in [1.82, 2.24) is 10.2 Å². The van der Waals surface area contributed by atoms with Gasteiger partial charge in [-0.25, -0.2) is 9.59 Å². The molecule has 2 N–H and O–H groups in total. The highest BCUT2D eigenvalue weighted by molar-refractivity contribution is 5.95. The Labute approximate surface area is 123 Å². The first-order valence-electron chi connectivity index (χ1n) is 7.19. The Morgan fingerprint density at radius 3 is 2.52 bits per heavy atom. The van der Waals surface area contributed by atoms with Crippen LogP contribution >= 0.6 is 0 Å². The molecule has 2 fully saturated rings. The highest BCUT2D eigenvalue weighted by Crippen LogP contribution is 2.38. The third-order valence-electron chi connectivity index (χ3n) is 4.15. The van der Waals surface area contributed by atoms with Gasteiger partial charge in [-0.05, 0) is 40.0 Å². The van der Waals surface area contributed by atoms with Gasteiger partial charge in [-0.1, -0.05) is 6.92 Å². The quantitative estimate of drug-likeness (QED) is 0.796. The second-order valence-electron chi connectivity index (χ2n) is 6.62. The van der Waals surface area contributed by atoms with E-state index in [9.17, 15) is 19.5 Å². The van der Waals surface area contributed by atoms with Gasteiger partial charge in [0.15, 0.2) is 5.54 Å². The van der Waals surface area contributed by atoms with Crippen molar-refractivity contribution in [3.63, 3.8) is 0 Å². The van der Waals surface area contributed by atoms with Crippen LogP contribution in [0.3, 0.4) is 0 Å². The lowest BCUT2D eigenvalue weighted by molar-refractivity contribution is -0.155. The van der Waals surface area contributed by atoms with Gasteiger partial charge in [0.1, 0.15) is 11.6 Å². The standard InChI is InChI=1S/C14H22N2O5/c1-5-14(11(18)19)9-7-6-8(10(17)15-14)16(9)12(20)21-13(2,3)4/h8-9H,5-7H2,1-4H3,(H,15,17)(H,18,19). The van der Waals surface area contributed by atoms with Crippen molar-refractivity contribution < 1.29 is 24.2 Å². The number of carbonyl (C=O) groups is 3. The fraction of sp³-hybridized carbons (Fsp3) is 0.786. The van der Waals surface area contributed by atoms with Gasteiger partial charge in [-0.3, -0.25) is 9.69 Å². The van der Waals surface area contributed by atoms with Crippen LogP contribution in [-0.4, -0.2) is 51.2 Å². The Hall–Kier alpha value is -1.79. The van der Waals surface area contributed by atoms with Gasteiger partial charge in [-0.2, -0.15) is 0 Å². The predicted octanol–water partition coefficient (Wildman–Crippen LogP) is 1.12. The highest BCUT2D eigenvalue weighted by atomic mass is 16.6. The Morgan fingerprint density at radius 2 is 2.05 bits per heavy atom. The molecule has 0 aliphatic carbocycles. The molecular weight excluding hydrogens is 276 g/mol. The molecule has 2 aliphatic heterocycles. The van der Waals surface area contributed by atoms with Crippen molar-refractivity contribution in [3.8, 4) is 0 Å². The lowest BCUT2D eigenvalue weighted by Crippen LogP contribution is -2.72. The molecule has 0 saturated carbocycles. The second-order valence-corrected chi connectivity index (χ2v) is 6.62.